The van der Waals surface area contributed by atoms with E-state index >= 15 is 0 Å². The Morgan fingerprint density at radius 3 is 2.69 bits per heavy atom. The van der Waals surface area contributed by atoms with Gasteiger partial charge in [0.1, 0.15) is 5.71 Å². The van der Waals surface area contributed by atoms with Gasteiger partial charge in [0, 0.05) is 24.4 Å². The van der Waals surface area contributed by atoms with Crippen LogP contribution in [0, 0.1) is 6.92 Å². The first-order valence-corrected chi connectivity index (χ1v) is 8.90. The number of amides is 2. The normalized spacial score (nSPS) is 14.2. The van der Waals surface area contributed by atoms with E-state index in [1.165, 1.54) is 5.01 Å². The minimum atomic E-state index is -0.232. The highest BCUT2D eigenvalue weighted by Gasteiger charge is 2.25. The molecule has 1 aliphatic heterocycles. The lowest BCUT2D eigenvalue weighted by Gasteiger charge is -2.23. The van der Waals surface area contributed by atoms with Crippen molar-refractivity contribution in [2.75, 3.05) is 11.6 Å². The molecule has 0 fully saturated rings. The highest BCUT2D eigenvalue weighted by atomic mass is 35.5. The standard InChI is InChI=1S/C20H20ClN3O2/c1-14-3-2-4-17(13-14)24-19(25)10-9-18(23-24)20(26)22-12-11-15-5-7-16(21)8-6-15/h2-8,13H,9-12H2,1H3,(H,22,26). The summed E-state index contributed by atoms with van der Waals surface area (Å²) in [5.74, 6) is -0.336. The summed E-state index contributed by atoms with van der Waals surface area (Å²) in [5.41, 5.74) is 3.19. The van der Waals surface area contributed by atoms with Gasteiger partial charge >= 0.3 is 0 Å². The van der Waals surface area contributed by atoms with Gasteiger partial charge in [-0.15, -0.1) is 0 Å². The summed E-state index contributed by atoms with van der Waals surface area (Å²) >= 11 is 5.87. The van der Waals surface area contributed by atoms with Crippen LogP contribution in [0.3, 0.4) is 0 Å². The largest absolute Gasteiger partial charge is 0.351 e. The number of hydrogen-bond donors (Lipinski definition) is 1. The molecule has 0 saturated heterocycles. The molecule has 3 rings (SSSR count). The Morgan fingerprint density at radius 2 is 1.96 bits per heavy atom. The van der Waals surface area contributed by atoms with Gasteiger partial charge in [0.2, 0.25) is 5.91 Å². The van der Waals surface area contributed by atoms with Crippen molar-refractivity contribution in [2.24, 2.45) is 5.10 Å². The van der Waals surface area contributed by atoms with Crippen molar-refractivity contribution in [3.8, 4) is 0 Å². The molecule has 0 saturated carbocycles. The molecule has 1 N–H and O–H groups in total. The number of halogens is 1. The van der Waals surface area contributed by atoms with Gasteiger partial charge in [-0.2, -0.15) is 5.10 Å². The van der Waals surface area contributed by atoms with Crippen LogP contribution in [0.15, 0.2) is 53.6 Å². The molecular weight excluding hydrogens is 350 g/mol. The van der Waals surface area contributed by atoms with Crippen LogP contribution in [0.4, 0.5) is 5.69 Å². The van der Waals surface area contributed by atoms with Gasteiger partial charge in [0.25, 0.3) is 5.91 Å². The number of nitrogens with one attached hydrogen (secondary N) is 1. The number of carbonyl (C=O) groups excluding carboxylic acids is 2. The van der Waals surface area contributed by atoms with E-state index in [0.717, 1.165) is 11.1 Å². The summed E-state index contributed by atoms with van der Waals surface area (Å²) in [7, 11) is 0. The number of anilines is 1. The van der Waals surface area contributed by atoms with E-state index in [-0.39, 0.29) is 18.2 Å². The quantitative estimate of drug-likeness (QED) is 0.876. The minimum absolute atomic E-state index is 0.103. The molecule has 0 unspecified atom stereocenters. The van der Waals surface area contributed by atoms with Gasteiger partial charge in [0.15, 0.2) is 0 Å². The lowest BCUT2D eigenvalue weighted by molar-refractivity contribution is -0.118. The van der Waals surface area contributed by atoms with Crippen LogP contribution in [-0.2, 0) is 16.0 Å². The first-order chi connectivity index (χ1) is 12.5. The fourth-order valence-corrected chi connectivity index (χ4v) is 2.88. The molecule has 0 radical (unpaired) electrons. The maximum atomic E-state index is 12.4. The predicted octanol–water partition coefficient (Wildman–Crippen LogP) is 3.49. The van der Waals surface area contributed by atoms with Gasteiger partial charge < -0.3 is 5.32 Å². The lowest BCUT2D eigenvalue weighted by Crippen LogP contribution is -2.39. The number of aryl methyl sites for hydroxylation is 1. The second-order valence-corrected chi connectivity index (χ2v) is 6.66. The molecule has 1 heterocycles. The molecule has 0 spiro atoms. The zero-order valence-corrected chi connectivity index (χ0v) is 15.3. The molecule has 134 valence electrons. The summed E-state index contributed by atoms with van der Waals surface area (Å²) in [6, 6.07) is 15.0. The van der Waals surface area contributed by atoms with Gasteiger partial charge in [-0.25, -0.2) is 5.01 Å². The van der Waals surface area contributed by atoms with Crippen LogP contribution >= 0.6 is 11.6 Å². The molecule has 2 aromatic rings. The molecule has 0 bridgehead atoms. The smallest absolute Gasteiger partial charge is 0.267 e. The highest BCUT2D eigenvalue weighted by molar-refractivity contribution is 6.40. The molecule has 5 nitrogen and oxygen atoms in total. The van der Waals surface area contributed by atoms with Crippen molar-refractivity contribution in [1.82, 2.24) is 5.32 Å². The van der Waals surface area contributed by atoms with Crippen LogP contribution in [-0.4, -0.2) is 24.1 Å². The Kier molecular flexibility index (Phi) is 5.68. The number of benzene rings is 2. The molecule has 0 aliphatic carbocycles. The number of nitrogens with zero attached hydrogens (tertiary/aromatic N) is 2. The van der Waals surface area contributed by atoms with Crippen LogP contribution < -0.4 is 10.3 Å². The molecular formula is C20H20ClN3O2. The van der Waals surface area contributed by atoms with Crippen molar-refractivity contribution in [3.63, 3.8) is 0 Å². The first-order valence-electron chi connectivity index (χ1n) is 8.52. The third-order valence-corrected chi connectivity index (χ3v) is 4.41. The lowest BCUT2D eigenvalue weighted by atomic mass is 10.1. The second kappa shape index (κ2) is 8.15. The summed E-state index contributed by atoms with van der Waals surface area (Å²) in [4.78, 5) is 24.6. The SMILES string of the molecule is Cc1cccc(N2N=C(C(=O)NCCc3ccc(Cl)cc3)CCC2=O)c1. The molecule has 2 aromatic carbocycles. The molecule has 1 aliphatic rings. The van der Waals surface area contributed by atoms with Gasteiger partial charge in [0.05, 0.1) is 5.69 Å². The van der Waals surface area contributed by atoms with E-state index in [9.17, 15) is 9.59 Å². The van der Waals surface area contributed by atoms with Crippen LogP contribution in [0.5, 0.6) is 0 Å². The number of rotatable bonds is 5. The van der Waals surface area contributed by atoms with E-state index < -0.39 is 0 Å². The molecule has 6 heteroatoms. The average molecular weight is 370 g/mol. The van der Waals surface area contributed by atoms with Gasteiger partial charge in [-0.3, -0.25) is 9.59 Å². The number of hydrazone groups is 1. The van der Waals surface area contributed by atoms with Gasteiger partial charge in [-0.1, -0.05) is 35.9 Å². The first kappa shape index (κ1) is 18.1. The predicted molar refractivity (Wildman–Crippen MR) is 103 cm³/mol. The van der Waals surface area contributed by atoms with Crippen molar-refractivity contribution >= 4 is 34.8 Å². The zero-order valence-electron chi connectivity index (χ0n) is 14.5. The second-order valence-electron chi connectivity index (χ2n) is 6.22. The van der Waals surface area contributed by atoms with Crippen LogP contribution in [0.2, 0.25) is 5.02 Å². The van der Waals surface area contributed by atoms with Crippen LogP contribution in [0.25, 0.3) is 0 Å². The fraction of sp³-hybridized carbons (Fsp3) is 0.250. The Balaban J connectivity index is 1.63. The van der Waals surface area contributed by atoms with Crippen molar-refractivity contribution in [1.29, 1.82) is 0 Å². The summed E-state index contributed by atoms with van der Waals surface area (Å²) < 4.78 is 0. The Hall–Kier alpha value is -2.66. The Labute approximate surface area is 157 Å². The van der Waals surface area contributed by atoms with E-state index in [0.29, 0.717) is 35.8 Å². The van der Waals surface area contributed by atoms with E-state index in [4.69, 9.17) is 11.6 Å². The van der Waals surface area contributed by atoms with E-state index in [1.54, 1.807) is 0 Å². The van der Waals surface area contributed by atoms with Crippen molar-refractivity contribution < 1.29 is 9.59 Å². The third kappa shape index (κ3) is 4.49. The van der Waals surface area contributed by atoms with Crippen LogP contribution in [0.1, 0.15) is 24.0 Å². The van der Waals surface area contributed by atoms with Crippen molar-refractivity contribution in [3.05, 3.63) is 64.7 Å². The van der Waals surface area contributed by atoms with Crippen molar-refractivity contribution in [2.45, 2.75) is 26.2 Å². The summed E-state index contributed by atoms with van der Waals surface area (Å²) in [6.45, 7) is 2.45. The number of carbonyl (C=O) groups is 2. The maximum absolute atomic E-state index is 12.4. The zero-order chi connectivity index (χ0) is 18.5. The highest BCUT2D eigenvalue weighted by Crippen LogP contribution is 2.21. The number of hydrogen-bond acceptors (Lipinski definition) is 3. The Morgan fingerprint density at radius 1 is 1.19 bits per heavy atom. The molecule has 0 aromatic heterocycles. The monoisotopic (exact) mass is 369 g/mol. The molecule has 2 amide bonds. The molecule has 0 atom stereocenters. The maximum Gasteiger partial charge on any atom is 0.267 e. The van der Waals surface area contributed by atoms with E-state index in [2.05, 4.69) is 10.4 Å². The average Bonchev–Trinajstić information content (AvgIpc) is 2.63. The minimum Gasteiger partial charge on any atom is -0.351 e. The fourth-order valence-electron chi connectivity index (χ4n) is 2.75. The summed E-state index contributed by atoms with van der Waals surface area (Å²) in [5, 5.41) is 9.17. The topological polar surface area (TPSA) is 61.8 Å². The molecule has 26 heavy (non-hydrogen) atoms. The third-order valence-electron chi connectivity index (χ3n) is 4.15. The van der Waals surface area contributed by atoms with E-state index in [1.807, 2.05) is 55.5 Å². The Bertz CT molecular complexity index is 846. The summed E-state index contributed by atoms with van der Waals surface area (Å²) in [6.07, 6.45) is 1.34. The van der Waals surface area contributed by atoms with Gasteiger partial charge in [-0.05, 0) is 48.7 Å².